The molecule has 0 fully saturated rings. The Morgan fingerprint density at radius 2 is 1.23 bits per heavy atom. The number of rotatable bonds is 14. The first-order valence-corrected chi connectivity index (χ1v) is 11.4. The van der Waals surface area contributed by atoms with E-state index in [1.165, 1.54) is 0 Å². The molecule has 0 aliphatic rings. The predicted octanol–water partition coefficient (Wildman–Crippen LogP) is 4.48. The van der Waals surface area contributed by atoms with Crippen LogP contribution in [0.25, 0.3) is 21.9 Å². The molecular weight excluding hydrogens is 392 g/mol. The maximum absolute atomic E-state index is 12.9. The maximum Gasteiger partial charge on any atom is 0.200 e. The molecule has 0 unspecified atom stereocenters. The molecule has 2 N–H and O–H groups in total. The zero-order chi connectivity index (χ0) is 21.9. The van der Waals surface area contributed by atoms with E-state index in [2.05, 4.69) is 24.5 Å². The first kappa shape index (κ1) is 23.1. The highest BCUT2D eigenvalue weighted by Gasteiger charge is 2.10. The average Bonchev–Trinajstić information content (AvgIpc) is 2.78. The second-order valence-electron chi connectivity index (χ2n) is 7.65. The first-order valence-electron chi connectivity index (χ1n) is 11.4. The second kappa shape index (κ2) is 12.3. The summed E-state index contributed by atoms with van der Waals surface area (Å²) in [5.41, 5.74) is 1.02. The van der Waals surface area contributed by atoms with E-state index in [0.717, 1.165) is 51.9 Å². The van der Waals surface area contributed by atoms with E-state index in [-0.39, 0.29) is 5.43 Å². The lowest BCUT2D eigenvalue weighted by atomic mass is 10.1. The summed E-state index contributed by atoms with van der Waals surface area (Å²) >= 11 is 0. The summed E-state index contributed by atoms with van der Waals surface area (Å²) in [6.45, 7) is 9.44. The third-order valence-electron chi connectivity index (χ3n) is 5.00. The number of benzene rings is 2. The van der Waals surface area contributed by atoms with Gasteiger partial charge in [0.05, 0.1) is 24.0 Å². The van der Waals surface area contributed by atoms with Crippen LogP contribution in [0.2, 0.25) is 0 Å². The lowest BCUT2D eigenvalue weighted by Gasteiger charge is -2.09. The largest absolute Gasteiger partial charge is 0.493 e. The predicted molar refractivity (Wildman–Crippen MR) is 127 cm³/mol. The van der Waals surface area contributed by atoms with Crippen LogP contribution in [0.3, 0.4) is 0 Å². The van der Waals surface area contributed by atoms with Gasteiger partial charge in [0.2, 0.25) is 5.43 Å². The highest BCUT2D eigenvalue weighted by molar-refractivity contribution is 5.90. The highest BCUT2D eigenvalue weighted by atomic mass is 16.5. The van der Waals surface area contributed by atoms with Crippen molar-refractivity contribution < 1.29 is 13.9 Å². The van der Waals surface area contributed by atoms with Gasteiger partial charge in [0.15, 0.2) is 0 Å². The summed E-state index contributed by atoms with van der Waals surface area (Å²) in [5, 5.41) is 7.82. The minimum Gasteiger partial charge on any atom is -0.493 e. The number of ether oxygens (including phenoxy) is 2. The number of nitrogens with one attached hydrogen (secondary N) is 2. The molecule has 0 amide bonds. The van der Waals surface area contributed by atoms with Crippen LogP contribution in [0, 0.1) is 0 Å². The van der Waals surface area contributed by atoms with E-state index in [4.69, 9.17) is 13.9 Å². The molecule has 0 aliphatic carbocycles. The Kier molecular flexibility index (Phi) is 9.18. The molecule has 0 aliphatic heterocycles. The lowest BCUT2D eigenvalue weighted by molar-refractivity contribution is 0.308. The zero-order valence-corrected chi connectivity index (χ0v) is 18.7. The van der Waals surface area contributed by atoms with Crippen LogP contribution in [-0.2, 0) is 0 Å². The van der Waals surface area contributed by atoms with E-state index < -0.39 is 0 Å². The standard InChI is InChI=1S/C25H34N2O4/c1-3-11-26-13-5-15-29-19-7-9-21-23(17-19)31-24-18-20(8-10-22(24)25(21)28)30-16-6-14-27-12-4-2/h7-10,17-18,26-27H,3-6,11-16H2,1-2H3. The molecule has 0 bridgehead atoms. The van der Waals surface area contributed by atoms with Crippen molar-refractivity contribution in [2.75, 3.05) is 39.4 Å². The van der Waals surface area contributed by atoms with E-state index in [1.54, 1.807) is 24.3 Å². The molecule has 0 spiro atoms. The third kappa shape index (κ3) is 6.71. The Labute approximate surface area is 183 Å². The molecule has 31 heavy (non-hydrogen) atoms. The number of hydrogen-bond donors (Lipinski definition) is 2. The van der Waals surface area contributed by atoms with Crippen molar-refractivity contribution in [3.8, 4) is 11.5 Å². The molecule has 6 heteroatoms. The van der Waals surface area contributed by atoms with Crippen molar-refractivity contribution >= 4 is 21.9 Å². The molecule has 0 radical (unpaired) electrons. The van der Waals surface area contributed by atoms with E-state index in [0.29, 0.717) is 46.7 Å². The van der Waals surface area contributed by atoms with Crippen molar-refractivity contribution in [2.45, 2.75) is 39.5 Å². The molecule has 2 aromatic carbocycles. The van der Waals surface area contributed by atoms with Gasteiger partial charge in [0.25, 0.3) is 0 Å². The molecule has 0 atom stereocenters. The van der Waals surface area contributed by atoms with Gasteiger partial charge in [-0.1, -0.05) is 13.8 Å². The van der Waals surface area contributed by atoms with Gasteiger partial charge in [-0.3, -0.25) is 4.79 Å². The number of hydrogen-bond acceptors (Lipinski definition) is 6. The molecule has 6 nitrogen and oxygen atoms in total. The fourth-order valence-electron chi connectivity index (χ4n) is 3.37. The molecular formula is C25H34N2O4. The van der Waals surface area contributed by atoms with Crippen molar-refractivity contribution in [3.05, 3.63) is 46.6 Å². The van der Waals surface area contributed by atoms with Crippen LogP contribution in [0.1, 0.15) is 39.5 Å². The minimum absolute atomic E-state index is 0.0399. The zero-order valence-electron chi connectivity index (χ0n) is 18.7. The van der Waals surface area contributed by atoms with Crippen LogP contribution >= 0.6 is 0 Å². The topological polar surface area (TPSA) is 72.7 Å². The summed E-state index contributed by atoms with van der Waals surface area (Å²) in [5.74, 6) is 1.41. The van der Waals surface area contributed by atoms with E-state index >= 15 is 0 Å². The Morgan fingerprint density at radius 3 is 1.68 bits per heavy atom. The summed E-state index contributed by atoms with van der Waals surface area (Å²) in [6, 6.07) is 10.8. The normalized spacial score (nSPS) is 11.3. The summed E-state index contributed by atoms with van der Waals surface area (Å²) in [4.78, 5) is 12.9. The fraction of sp³-hybridized carbons (Fsp3) is 0.480. The van der Waals surface area contributed by atoms with Crippen molar-refractivity contribution in [1.29, 1.82) is 0 Å². The fourth-order valence-corrected chi connectivity index (χ4v) is 3.37. The molecule has 1 heterocycles. The van der Waals surface area contributed by atoms with Crippen molar-refractivity contribution in [2.24, 2.45) is 0 Å². The summed E-state index contributed by atoms with van der Waals surface area (Å²) in [7, 11) is 0. The SMILES string of the molecule is CCCNCCCOc1ccc2c(=O)c3ccc(OCCCNCCC)cc3oc2c1. The highest BCUT2D eigenvalue weighted by Crippen LogP contribution is 2.25. The number of fused-ring (bicyclic) bond motifs is 2. The van der Waals surface area contributed by atoms with Crippen LogP contribution in [0.5, 0.6) is 11.5 Å². The second-order valence-corrected chi connectivity index (χ2v) is 7.65. The molecule has 3 rings (SSSR count). The smallest absolute Gasteiger partial charge is 0.200 e. The Hall–Kier alpha value is -2.57. The van der Waals surface area contributed by atoms with Gasteiger partial charge < -0.3 is 24.5 Å². The lowest BCUT2D eigenvalue weighted by Crippen LogP contribution is -2.18. The van der Waals surface area contributed by atoms with E-state index in [1.807, 2.05) is 12.1 Å². The Morgan fingerprint density at radius 1 is 0.742 bits per heavy atom. The van der Waals surface area contributed by atoms with Crippen LogP contribution in [0.15, 0.2) is 45.6 Å². The molecule has 0 saturated heterocycles. The summed E-state index contributed by atoms with van der Waals surface area (Å²) < 4.78 is 17.7. The van der Waals surface area contributed by atoms with Gasteiger partial charge >= 0.3 is 0 Å². The van der Waals surface area contributed by atoms with Gasteiger partial charge in [-0.05, 0) is 76.1 Å². The van der Waals surface area contributed by atoms with Crippen LogP contribution in [-0.4, -0.2) is 39.4 Å². The molecule has 3 aromatic rings. The Bertz CT molecular complexity index is 938. The van der Waals surface area contributed by atoms with Gasteiger partial charge in [-0.25, -0.2) is 0 Å². The van der Waals surface area contributed by atoms with Gasteiger partial charge in [-0.15, -0.1) is 0 Å². The van der Waals surface area contributed by atoms with Crippen LogP contribution in [0.4, 0.5) is 0 Å². The Balaban J connectivity index is 1.66. The molecule has 168 valence electrons. The molecule has 1 aromatic heterocycles. The first-order chi connectivity index (χ1) is 15.2. The monoisotopic (exact) mass is 426 g/mol. The van der Waals surface area contributed by atoms with Gasteiger partial charge in [0, 0.05) is 12.1 Å². The molecule has 0 saturated carbocycles. The maximum atomic E-state index is 12.9. The van der Waals surface area contributed by atoms with Gasteiger partial charge in [0.1, 0.15) is 22.7 Å². The summed E-state index contributed by atoms with van der Waals surface area (Å²) in [6.07, 6.45) is 4.10. The van der Waals surface area contributed by atoms with E-state index in [9.17, 15) is 4.79 Å². The van der Waals surface area contributed by atoms with Crippen molar-refractivity contribution in [3.63, 3.8) is 0 Å². The van der Waals surface area contributed by atoms with Crippen molar-refractivity contribution in [1.82, 2.24) is 10.6 Å². The van der Waals surface area contributed by atoms with Crippen LogP contribution < -0.4 is 25.5 Å². The average molecular weight is 427 g/mol. The quantitative estimate of drug-likeness (QED) is 0.292. The van der Waals surface area contributed by atoms with Gasteiger partial charge in [-0.2, -0.15) is 0 Å². The minimum atomic E-state index is -0.0399. The third-order valence-corrected chi connectivity index (χ3v) is 5.00.